The molecule has 0 saturated carbocycles. The lowest BCUT2D eigenvalue weighted by Gasteiger charge is -2.18. The fourth-order valence-electron chi connectivity index (χ4n) is 4.95. The Kier molecular flexibility index (Phi) is 8.89. The maximum Gasteiger partial charge on any atom is 0.357 e. The molecule has 4 aromatic rings. The monoisotopic (exact) mass is 598 g/mol. The number of fused-ring (bicyclic) bond motifs is 3. The number of rotatable bonds is 8. The highest BCUT2D eigenvalue weighted by atomic mass is 32.1. The van der Waals surface area contributed by atoms with Gasteiger partial charge in [-0.05, 0) is 71.3 Å². The van der Waals surface area contributed by atoms with Gasteiger partial charge in [-0.2, -0.15) is 0 Å². The van der Waals surface area contributed by atoms with E-state index in [4.69, 9.17) is 15.2 Å². The van der Waals surface area contributed by atoms with Gasteiger partial charge < -0.3 is 25.8 Å². The van der Waals surface area contributed by atoms with Crippen molar-refractivity contribution in [1.29, 1.82) is 0 Å². The quantitative estimate of drug-likeness (QED) is 0.225. The first-order valence-electron chi connectivity index (χ1n) is 14.1. The van der Waals surface area contributed by atoms with Gasteiger partial charge in [-0.1, -0.05) is 26.0 Å². The molecule has 0 fully saturated rings. The van der Waals surface area contributed by atoms with Crippen molar-refractivity contribution in [2.75, 3.05) is 25.6 Å². The Morgan fingerprint density at radius 3 is 2.58 bits per heavy atom. The predicted octanol–water partition coefficient (Wildman–Crippen LogP) is 5.60. The van der Waals surface area contributed by atoms with E-state index < -0.39 is 11.9 Å². The van der Waals surface area contributed by atoms with Crippen LogP contribution >= 0.6 is 11.3 Å². The number of amides is 2. The molecule has 1 aliphatic heterocycles. The summed E-state index contributed by atoms with van der Waals surface area (Å²) in [6.07, 6.45) is 0.728. The largest absolute Gasteiger partial charge is 0.493 e. The molecule has 222 valence electrons. The summed E-state index contributed by atoms with van der Waals surface area (Å²) < 4.78 is 11.2. The Morgan fingerprint density at radius 1 is 1.05 bits per heavy atom. The average molecular weight is 599 g/mol. The fraction of sp³-hybridized carbons (Fsp3) is 0.273. The molecule has 5 rings (SSSR count). The summed E-state index contributed by atoms with van der Waals surface area (Å²) in [6, 6.07) is 14.4. The first-order valence-corrected chi connectivity index (χ1v) is 14.9. The number of carbonyl (C=O) groups is 3. The number of nitrogens with zero attached hydrogens (tertiary/aromatic N) is 1. The molecule has 2 aromatic heterocycles. The van der Waals surface area contributed by atoms with Crippen molar-refractivity contribution in [3.05, 3.63) is 87.6 Å². The van der Waals surface area contributed by atoms with Crippen molar-refractivity contribution in [2.45, 2.75) is 33.7 Å². The summed E-state index contributed by atoms with van der Waals surface area (Å²) in [7, 11) is 1.25. The third-order valence-corrected chi connectivity index (χ3v) is 8.22. The maximum absolute atomic E-state index is 14.0. The zero-order valence-electron chi connectivity index (χ0n) is 24.6. The van der Waals surface area contributed by atoms with Gasteiger partial charge in [0.25, 0.3) is 11.8 Å². The summed E-state index contributed by atoms with van der Waals surface area (Å²) in [4.78, 5) is 45.3. The van der Waals surface area contributed by atoms with Gasteiger partial charge in [0.2, 0.25) is 0 Å². The summed E-state index contributed by atoms with van der Waals surface area (Å²) in [5.74, 6) is -0.688. The second kappa shape index (κ2) is 12.8. The molecule has 3 heterocycles. The lowest BCUT2D eigenvalue weighted by Crippen LogP contribution is -2.28. The number of hydrogen-bond donors (Lipinski definition) is 3. The molecular formula is C33H34N4O5S. The van der Waals surface area contributed by atoms with E-state index in [1.807, 2.05) is 44.4 Å². The van der Waals surface area contributed by atoms with Crippen molar-refractivity contribution in [2.24, 2.45) is 11.7 Å². The van der Waals surface area contributed by atoms with Crippen LogP contribution in [-0.2, 0) is 17.7 Å². The fourth-order valence-corrected chi connectivity index (χ4v) is 5.93. The lowest BCUT2D eigenvalue weighted by molar-refractivity contribution is 0.0594. The van der Waals surface area contributed by atoms with E-state index in [0.717, 1.165) is 33.6 Å². The van der Waals surface area contributed by atoms with Gasteiger partial charge in [-0.25, -0.2) is 9.78 Å². The Bertz CT molecular complexity index is 1710. The molecule has 0 bridgehead atoms. The Morgan fingerprint density at radius 2 is 1.86 bits per heavy atom. The van der Waals surface area contributed by atoms with Crippen LogP contribution in [0.1, 0.15) is 61.9 Å². The van der Waals surface area contributed by atoms with Gasteiger partial charge in [0.15, 0.2) is 5.69 Å². The van der Waals surface area contributed by atoms with Gasteiger partial charge >= 0.3 is 5.97 Å². The molecule has 10 heteroatoms. The SMILES string of the molecule is COC(=O)c1nc(C(=O)NCC(C)C)ccc1-c1cc2c(cc1C(=O)Nc1ccc(CN)cc1C)-c1sccc1CCO2. The molecule has 9 nitrogen and oxygen atoms in total. The van der Waals surface area contributed by atoms with Gasteiger partial charge in [0.1, 0.15) is 11.4 Å². The number of esters is 1. The van der Waals surface area contributed by atoms with Crippen LogP contribution in [0.2, 0.25) is 0 Å². The van der Waals surface area contributed by atoms with Crippen LogP contribution < -0.4 is 21.1 Å². The first kappa shape index (κ1) is 29.9. The van der Waals surface area contributed by atoms with Crippen molar-refractivity contribution in [3.63, 3.8) is 0 Å². The third kappa shape index (κ3) is 6.30. The van der Waals surface area contributed by atoms with E-state index in [9.17, 15) is 14.4 Å². The van der Waals surface area contributed by atoms with Crippen molar-refractivity contribution in [1.82, 2.24) is 10.3 Å². The second-order valence-corrected chi connectivity index (χ2v) is 11.7. The number of benzene rings is 2. The van der Waals surface area contributed by atoms with E-state index >= 15 is 0 Å². The number of nitrogens with two attached hydrogens (primary N) is 1. The number of carbonyl (C=O) groups excluding carboxylic acids is 3. The second-order valence-electron chi connectivity index (χ2n) is 10.8. The molecule has 0 atom stereocenters. The van der Waals surface area contributed by atoms with E-state index in [1.54, 1.807) is 35.6 Å². The molecule has 2 amide bonds. The molecular weight excluding hydrogens is 564 g/mol. The van der Waals surface area contributed by atoms with Gasteiger partial charge in [-0.3, -0.25) is 9.59 Å². The zero-order chi connectivity index (χ0) is 30.7. The Hall–Kier alpha value is -4.54. The van der Waals surface area contributed by atoms with Crippen molar-refractivity contribution < 1.29 is 23.9 Å². The molecule has 0 aliphatic carbocycles. The summed E-state index contributed by atoms with van der Waals surface area (Å²) in [6.45, 7) is 7.18. The van der Waals surface area contributed by atoms with Crippen LogP contribution in [0.3, 0.4) is 0 Å². The van der Waals surface area contributed by atoms with Crippen LogP contribution in [0.15, 0.2) is 53.9 Å². The first-order chi connectivity index (χ1) is 20.7. The number of pyridine rings is 1. The normalized spacial score (nSPS) is 12.0. The van der Waals surface area contributed by atoms with Gasteiger partial charge in [0.05, 0.1) is 13.7 Å². The number of hydrogen-bond acceptors (Lipinski definition) is 8. The van der Waals surface area contributed by atoms with E-state index in [1.165, 1.54) is 7.11 Å². The minimum absolute atomic E-state index is 0.0701. The summed E-state index contributed by atoms with van der Waals surface area (Å²) in [5.41, 5.74) is 11.3. The summed E-state index contributed by atoms with van der Waals surface area (Å²) in [5, 5.41) is 7.88. The van der Waals surface area contributed by atoms with Crippen LogP contribution in [0.4, 0.5) is 5.69 Å². The Labute approximate surface area is 254 Å². The number of thiophene rings is 1. The van der Waals surface area contributed by atoms with Crippen molar-refractivity contribution in [3.8, 4) is 27.3 Å². The minimum atomic E-state index is -0.732. The van der Waals surface area contributed by atoms with E-state index in [2.05, 4.69) is 21.7 Å². The predicted molar refractivity (Wildman–Crippen MR) is 168 cm³/mol. The smallest absolute Gasteiger partial charge is 0.357 e. The number of ether oxygens (including phenoxy) is 2. The van der Waals surface area contributed by atoms with Crippen LogP contribution in [0.25, 0.3) is 21.6 Å². The van der Waals surface area contributed by atoms with Crippen LogP contribution in [0.5, 0.6) is 5.75 Å². The van der Waals surface area contributed by atoms with Crippen LogP contribution in [-0.4, -0.2) is 43.0 Å². The topological polar surface area (TPSA) is 133 Å². The van der Waals surface area contributed by atoms with E-state index in [0.29, 0.717) is 47.8 Å². The zero-order valence-corrected chi connectivity index (χ0v) is 25.4. The number of nitrogens with one attached hydrogen (secondary N) is 2. The average Bonchev–Trinajstić information content (AvgIpc) is 3.41. The molecule has 0 unspecified atom stereocenters. The minimum Gasteiger partial charge on any atom is -0.493 e. The summed E-state index contributed by atoms with van der Waals surface area (Å²) >= 11 is 1.58. The molecule has 1 aliphatic rings. The van der Waals surface area contributed by atoms with E-state index in [-0.39, 0.29) is 23.2 Å². The Balaban J connectivity index is 1.66. The van der Waals surface area contributed by atoms with Gasteiger partial charge in [0, 0.05) is 52.3 Å². The highest BCUT2D eigenvalue weighted by molar-refractivity contribution is 7.13. The number of methoxy groups -OCH3 is 1. The molecule has 0 spiro atoms. The highest BCUT2D eigenvalue weighted by Gasteiger charge is 2.27. The van der Waals surface area contributed by atoms with Crippen molar-refractivity contribution >= 4 is 34.8 Å². The third-order valence-electron chi connectivity index (χ3n) is 7.23. The molecule has 0 saturated heterocycles. The molecule has 43 heavy (non-hydrogen) atoms. The maximum atomic E-state index is 14.0. The number of aromatic nitrogens is 1. The number of aryl methyl sites for hydroxylation is 1. The van der Waals surface area contributed by atoms with Gasteiger partial charge in [-0.15, -0.1) is 11.3 Å². The number of anilines is 1. The standard InChI is InChI=1S/C33H34N4O5S/c1-18(2)17-35-32(39)27-8-6-22(29(36-27)33(40)41-4)23-15-28-25(30-21(9-11-42-28)10-12-43-30)14-24(23)31(38)37-26-7-5-20(16-34)13-19(26)3/h5-8,10,12-15,18H,9,11,16-17,34H2,1-4H3,(H,35,39)(H,37,38). The molecule has 4 N–H and O–H groups in total. The highest BCUT2D eigenvalue weighted by Crippen LogP contribution is 2.43. The molecule has 0 radical (unpaired) electrons. The molecule has 2 aromatic carbocycles. The lowest BCUT2D eigenvalue weighted by atomic mass is 9.93. The van der Waals surface area contributed by atoms with Crippen LogP contribution in [0, 0.1) is 12.8 Å².